The number of H-pyrrole nitrogens is 1. The van der Waals surface area contributed by atoms with Gasteiger partial charge in [0.2, 0.25) is 0 Å². The molecule has 6 heteroatoms. The number of rotatable bonds is 5. The number of aromatic amines is 1. The average molecular weight is 318 g/mol. The van der Waals surface area contributed by atoms with Crippen molar-refractivity contribution in [1.82, 2.24) is 20.4 Å². The highest BCUT2D eigenvalue weighted by Gasteiger charge is 2.16. The van der Waals surface area contributed by atoms with E-state index in [1.54, 1.807) is 11.3 Å². The molecule has 3 rings (SSSR count). The largest absolute Gasteiger partial charge is 0.349 e. The topological polar surface area (TPSA) is 61.0 Å². The fourth-order valence-electron chi connectivity index (χ4n) is 2.70. The van der Waals surface area contributed by atoms with Crippen LogP contribution in [0.3, 0.4) is 0 Å². The minimum atomic E-state index is -0.107. The molecule has 2 N–H and O–H groups in total. The van der Waals surface area contributed by atoms with Crippen LogP contribution in [0.4, 0.5) is 0 Å². The molecule has 5 nitrogen and oxygen atoms in total. The Hall–Kier alpha value is -1.66. The third-order valence-corrected chi connectivity index (χ3v) is 5.09. The first-order valence-electron chi connectivity index (χ1n) is 7.82. The lowest BCUT2D eigenvalue weighted by atomic mass is 9.99. The summed E-state index contributed by atoms with van der Waals surface area (Å²) < 4.78 is 0. The molecule has 0 spiro atoms. The second-order valence-corrected chi connectivity index (χ2v) is 6.87. The zero-order valence-electron chi connectivity index (χ0n) is 12.8. The summed E-state index contributed by atoms with van der Waals surface area (Å²) in [6.45, 7) is 6.18. The van der Waals surface area contributed by atoms with Crippen molar-refractivity contribution in [3.8, 4) is 10.6 Å². The standard InChI is InChI=1S/C16H22N4OS/c1-12-4-7-20(8-5-12)9-6-17-16(21)14-11-13(18-19-14)15-3-2-10-22-15/h2-3,10-12H,4-9H2,1H3,(H,17,21)(H,18,19). The highest BCUT2D eigenvalue weighted by atomic mass is 32.1. The Kier molecular flexibility index (Phi) is 4.90. The third kappa shape index (κ3) is 3.75. The summed E-state index contributed by atoms with van der Waals surface area (Å²) in [7, 11) is 0. The number of thiophene rings is 1. The molecule has 1 amide bonds. The maximum Gasteiger partial charge on any atom is 0.271 e. The van der Waals surface area contributed by atoms with Crippen LogP contribution in [0, 0.1) is 5.92 Å². The van der Waals surface area contributed by atoms with Crippen LogP contribution >= 0.6 is 11.3 Å². The maximum atomic E-state index is 12.1. The van der Waals surface area contributed by atoms with Gasteiger partial charge in [-0.2, -0.15) is 5.10 Å². The number of nitrogens with one attached hydrogen (secondary N) is 2. The van der Waals surface area contributed by atoms with Gasteiger partial charge in [-0.05, 0) is 49.4 Å². The van der Waals surface area contributed by atoms with Gasteiger partial charge in [0.25, 0.3) is 5.91 Å². The number of amides is 1. The van der Waals surface area contributed by atoms with Gasteiger partial charge in [0.05, 0.1) is 10.6 Å². The molecule has 22 heavy (non-hydrogen) atoms. The maximum absolute atomic E-state index is 12.1. The molecule has 1 fully saturated rings. The smallest absolute Gasteiger partial charge is 0.271 e. The van der Waals surface area contributed by atoms with E-state index in [2.05, 4.69) is 27.3 Å². The van der Waals surface area contributed by atoms with E-state index in [0.717, 1.165) is 36.1 Å². The van der Waals surface area contributed by atoms with E-state index in [4.69, 9.17) is 0 Å². The molecule has 118 valence electrons. The van der Waals surface area contributed by atoms with E-state index in [-0.39, 0.29) is 5.91 Å². The van der Waals surface area contributed by atoms with Crippen molar-refractivity contribution in [3.63, 3.8) is 0 Å². The first-order chi connectivity index (χ1) is 10.7. The number of carbonyl (C=O) groups excluding carboxylic acids is 1. The van der Waals surface area contributed by atoms with Gasteiger partial charge in [0, 0.05) is 13.1 Å². The van der Waals surface area contributed by atoms with Crippen molar-refractivity contribution < 1.29 is 4.79 Å². The number of hydrogen-bond acceptors (Lipinski definition) is 4. The first kappa shape index (κ1) is 15.2. The summed E-state index contributed by atoms with van der Waals surface area (Å²) in [6, 6.07) is 5.81. The molecular formula is C16H22N4OS. The Morgan fingerprint density at radius 2 is 2.32 bits per heavy atom. The fraction of sp³-hybridized carbons (Fsp3) is 0.500. The Labute approximate surface area is 134 Å². The van der Waals surface area contributed by atoms with Gasteiger partial charge < -0.3 is 10.2 Å². The molecule has 2 aromatic rings. The SMILES string of the molecule is CC1CCN(CCNC(=O)c2cc(-c3cccs3)[nH]n2)CC1. The van der Waals surface area contributed by atoms with Crippen LogP contribution in [-0.4, -0.2) is 47.2 Å². The zero-order valence-corrected chi connectivity index (χ0v) is 13.7. The van der Waals surface area contributed by atoms with Gasteiger partial charge in [0.1, 0.15) is 0 Å². The molecule has 0 atom stereocenters. The monoisotopic (exact) mass is 318 g/mol. The van der Waals surface area contributed by atoms with Gasteiger partial charge in [-0.3, -0.25) is 9.89 Å². The van der Waals surface area contributed by atoms with Crippen molar-refractivity contribution in [1.29, 1.82) is 0 Å². The van der Waals surface area contributed by atoms with Gasteiger partial charge in [-0.1, -0.05) is 13.0 Å². The molecule has 0 saturated carbocycles. The molecule has 0 unspecified atom stereocenters. The summed E-state index contributed by atoms with van der Waals surface area (Å²) in [5.41, 5.74) is 1.35. The molecule has 2 aromatic heterocycles. The quantitative estimate of drug-likeness (QED) is 0.891. The third-order valence-electron chi connectivity index (χ3n) is 4.19. The molecule has 1 aliphatic heterocycles. The molecular weight excluding hydrogens is 296 g/mol. The van der Waals surface area contributed by atoms with E-state index < -0.39 is 0 Å². The summed E-state index contributed by atoms with van der Waals surface area (Å²) in [4.78, 5) is 15.6. The summed E-state index contributed by atoms with van der Waals surface area (Å²) in [6.07, 6.45) is 2.52. The van der Waals surface area contributed by atoms with Crippen molar-refractivity contribution in [2.45, 2.75) is 19.8 Å². The van der Waals surface area contributed by atoms with Crippen LogP contribution in [0.25, 0.3) is 10.6 Å². The number of carbonyl (C=O) groups is 1. The van der Waals surface area contributed by atoms with Gasteiger partial charge in [-0.15, -0.1) is 11.3 Å². The van der Waals surface area contributed by atoms with Crippen molar-refractivity contribution >= 4 is 17.2 Å². The van der Waals surface area contributed by atoms with Crippen LogP contribution in [0.2, 0.25) is 0 Å². The second-order valence-electron chi connectivity index (χ2n) is 5.92. The molecule has 0 bridgehead atoms. The van der Waals surface area contributed by atoms with Crippen LogP contribution < -0.4 is 5.32 Å². The normalized spacial score (nSPS) is 16.8. The van der Waals surface area contributed by atoms with Crippen molar-refractivity contribution in [2.24, 2.45) is 5.92 Å². The molecule has 3 heterocycles. The molecule has 0 radical (unpaired) electrons. The predicted molar refractivity (Wildman–Crippen MR) is 89.1 cm³/mol. The van der Waals surface area contributed by atoms with Crippen molar-refractivity contribution in [2.75, 3.05) is 26.2 Å². The lowest BCUT2D eigenvalue weighted by molar-refractivity contribution is 0.0939. The predicted octanol–water partition coefficient (Wildman–Crippen LogP) is 2.60. The minimum absolute atomic E-state index is 0.107. The van der Waals surface area contributed by atoms with Gasteiger partial charge in [-0.25, -0.2) is 0 Å². The summed E-state index contributed by atoms with van der Waals surface area (Å²) >= 11 is 1.63. The molecule has 1 aliphatic rings. The van der Waals surface area contributed by atoms with E-state index in [9.17, 15) is 4.79 Å². The van der Waals surface area contributed by atoms with Crippen LogP contribution in [0.1, 0.15) is 30.3 Å². The number of hydrogen-bond donors (Lipinski definition) is 2. The van der Waals surface area contributed by atoms with E-state index in [0.29, 0.717) is 12.2 Å². The Bertz CT molecular complexity index is 599. The Morgan fingerprint density at radius 3 is 3.05 bits per heavy atom. The van der Waals surface area contributed by atoms with Crippen LogP contribution in [-0.2, 0) is 0 Å². The lowest BCUT2D eigenvalue weighted by Crippen LogP contribution is -2.39. The second kappa shape index (κ2) is 7.07. The van der Waals surface area contributed by atoms with E-state index in [1.807, 2.05) is 23.6 Å². The highest BCUT2D eigenvalue weighted by Crippen LogP contribution is 2.22. The number of nitrogens with zero attached hydrogens (tertiary/aromatic N) is 2. The molecule has 1 saturated heterocycles. The van der Waals surface area contributed by atoms with Crippen LogP contribution in [0.15, 0.2) is 23.6 Å². The lowest BCUT2D eigenvalue weighted by Gasteiger charge is -2.30. The van der Waals surface area contributed by atoms with Gasteiger partial charge in [0.15, 0.2) is 5.69 Å². The van der Waals surface area contributed by atoms with E-state index in [1.165, 1.54) is 12.8 Å². The average Bonchev–Trinajstić information content (AvgIpc) is 3.20. The summed E-state index contributed by atoms with van der Waals surface area (Å²) in [5, 5.41) is 12.0. The Morgan fingerprint density at radius 1 is 1.50 bits per heavy atom. The van der Waals surface area contributed by atoms with E-state index >= 15 is 0 Å². The number of aromatic nitrogens is 2. The molecule has 0 aliphatic carbocycles. The molecule has 0 aromatic carbocycles. The summed E-state index contributed by atoms with van der Waals surface area (Å²) in [5.74, 6) is 0.731. The number of piperidine rings is 1. The zero-order chi connectivity index (χ0) is 15.4. The first-order valence-corrected chi connectivity index (χ1v) is 8.70. The van der Waals surface area contributed by atoms with Crippen LogP contribution in [0.5, 0.6) is 0 Å². The fourth-order valence-corrected chi connectivity index (χ4v) is 3.39. The van der Waals surface area contributed by atoms with Crippen molar-refractivity contribution in [3.05, 3.63) is 29.3 Å². The highest BCUT2D eigenvalue weighted by molar-refractivity contribution is 7.13. The number of likely N-dealkylation sites (tertiary alicyclic amines) is 1. The minimum Gasteiger partial charge on any atom is -0.349 e. The Balaban J connectivity index is 1.46. The van der Waals surface area contributed by atoms with Gasteiger partial charge >= 0.3 is 0 Å².